The minimum atomic E-state index is -1.70. The lowest BCUT2D eigenvalue weighted by Gasteiger charge is -2.28. The summed E-state index contributed by atoms with van der Waals surface area (Å²) in [6.07, 6.45) is 5.68. The van der Waals surface area contributed by atoms with Crippen molar-refractivity contribution in [2.24, 2.45) is 0 Å². The van der Waals surface area contributed by atoms with Gasteiger partial charge in [0.2, 0.25) is 0 Å². The summed E-state index contributed by atoms with van der Waals surface area (Å²) in [6, 6.07) is 3.02. The van der Waals surface area contributed by atoms with Gasteiger partial charge in [-0.15, -0.1) is 5.10 Å². The predicted molar refractivity (Wildman–Crippen MR) is 70.3 cm³/mol. The molecule has 0 radical (unpaired) electrons. The van der Waals surface area contributed by atoms with Gasteiger partial charge in [0.15, 0.2) is 0 Å². The lowest BCUT2D eigenvalue weighted by molar-refractivity contribution is -0.00890. The molecule has 0 aliphatic heterocycles. The molecule has 3 rings (SSSR count). The molecule has 2 aromatic heterocycles. The lowest BCUT2D eigenvalue weighted by atomic mass is 9.93. The van der Waals surface area contributed by atoms with Crippen LogP contribution in [0.2, 0.25) is 0 Å². The summed E-state index contributed by atoms with van der Waals surface area (Å²) in [5.74, 6) is -1.56. The summed E-state index contributed by atoms with van der Waals surface area (Å²) in [5, 5.41) is 22.3. The summed E-state index contributed by atoms with van der Waals surface area (Å²) in [4.78, 5) is 3.79. The van der Waals surface area contributed by atoms with Gasteiger partial charge in [-0.05, 0) is 6.07 Å². The Hall–Kier alpha value is -2.68. The SMILES string of the molecule is OC(Cn1cncn1)(Cn1ccnn1)c1ccc(F)cc1F. The van der Waals surface area contributed by atoms with Crippen LogP contribution in [0.3, 0.4) is 0 Å². The van der Waals surface area contributed by atoms with E-state index in [0.717, 1.165) is 12.1 Å². The van der Waals surface area contributed by atoms with Crippen molar-refractivity contribution in [3.8, 4) is 0 Å². The molecule has 0 saturated heterocycles. The molecule has 2 heterocycles. The van der Waals surface area contributed by atoms with Crippen LogP contribution in [0.1, 0.15) is 5.56 Å². The Kier molecular flexibility index (Phi) is 3.63. The molecule has 0 fully saturated rings. The lowest BCUT2D eigenvalue weighted by Crippen LogP contribution is -2.37. The van der Waals surface area contributed by atoms with E-state index in [1.165, 1.54) is 40.5 Å². The van der Waals surface area contributed by atoms with E-state index in [9.17, 15) is 13.9 Å². The van der Waals surface area contributed by atoms with E-state index >= 15 is 0 Å². The number of rotatable bonds is 5. The quantitative estimate of drug-likeness (QED) is 0.752. The smallest absolute Gasteiger partial charge is 0.137 e. The zero-order valence-electron chi connectivity index (χ0n) is 11.3. The summed E-state index contributed by atoms with van der Waals surface area (Å²) in [7, 11) is 0. The van der Waals surface area contributed by atoms with Gasteiger partial charge in [0, 0.05) is 17.8 Å². The summed E-state index contributed by atoms with van der Waals surface area (Å²) < 4.78 is 29.9. The van der Waals surface area contributed by atoms with Crippen LogP contribution in [0.15, 0.2) is 43.2 Å². The molecule has 1 atom stereocenters. The molecule has 1 N–H and O–H groups in total. The third kappa shape index (κ3) is 2.84. The van der Waals surface area contributed by atoms with Gasteiger partial charge in [-0.1, -0.05) is 11.3 Å². The average molecular weight is 306 g/mol. The highest BCUT2D eigenvalue weighted by atomic mass is 19.1. The van der Waals surface area contributed by atoms with E-state index in [1.54, 1.807) is 0 Å². The minimum Gasteiger partial charge on any atom is -0.381 e. The maximum Gasteiger partial charge on any atom is 0.137 e. The first-order chi connectivity index (χ1) is 10.6. The van der Waals surface area contributed by atoms with Gasteiger partial charge in [0.05, 0.1) is 19.3 Å². The van der Waals surface area contributed by atoms with Gasteiger partial charge >= 0.3 is 0 Å². The number of halogens is 2. The van der Waals surface area contributed by atoms with Gasteiger partial charge in [0.25, 0.3) is 0 Å². The summed E-state index contributed by atoms with van der Waals surface area (Å²) in [6.45, 7) is -0.148. The van der Waals surface area contributed by atoms with E-state index in [4.69, 9.17) is 0 Å². The van der Waals surface area contributed by atoms with Gasteiger partial charge in [0.1, 0.15) is 29.9 Å². The second kappa shape index (κ2) is 5.60. The number of hydrogen-bond donors (Lipinski definition) is 1. The monoisotopic (exact) mass is 306 g/mol. The summed E-state index contributed by atoms with van der Waals surface area (Å²) in [5.41, 5.74) is -1.75. The van der Waals surface area contributed by atoms with Crippen molar-refractivity contribution in [2.75, 3.05) is 0 Å². The largest absolute Gasteiger partial charge is 0.381 e. The number of aromatic nitrogens is 6. The molecule has 22 heavy (non-hydrogen) atoms. The Morgan fingerprint density at radius 1 is 1.18 bits per heavy atom. The standard InChI is InChI=1S/C13H12F2N6O/c14-10-1-2-11(12(15)5-10)13(22,6-20-4-3-17-19-20)7-21-9-16-8-18-21/h1-5,8-9,22H,6-7H2. The van der Waals surface area contributed by atoms with Crippen molar-refractivity contribution >= 4 is 0 Å². The van der Waals surface area contributed by atoms with Crippen LogP contribution in [0.4, 0.5) is 8.78 Å². The highest BCUT2D eigenvalue weighted by molar-refractivity contribution is 5.25. The van der Waals surface area contributed by atoms with Gasteiger partial charge < -0.3 is 5.11 Å². The Balaban J connectivity index is 2.01. The Morgan fingerprint density at radius 2 is 2.00 bits per heavy atom. The maximum absolute atomic E-state index is 14.1. The van der Waals surface area contributed by atoms with Crippen LogP contribution in [-0.4, -0.2) is 34.9 Å². The van der Waals surface area contributed by atoms with Crippen LogP contribution in [0.25, 0.3) is 0 Å². The molecular weight excluding hydrogens is 294 g/mol. The van der Waals surface area contributed by atoms with E-state index in [1.807, 2.05) is 0 Å². The Labute approximate surface area is 123 Å². The van der Waals surface area contributed by atoms with Crippen LogP contribution in [0.5, 0.6) is 0 Å². The molecule has 1 unspecified atom stereocenters. The Morgan fingerprint density at radius 3 is 2.64 bits per heavy atom. The highest BCUT2D eigenvalue weighted by Crippen LogP contribution is 2.28. The molecule has 0 aliphatic carbocycles. The van der Waals surface area contributed by atoms with Crippen molar-refractivity contribution in [1.82, 2.24) is 29.8 Å². The maximum atomic E-state index is 14.1. The van der Waals surface area contributed by atoms with Gasteiger partial charge in [-0.2, -0.15) is 5.10 Å². The third-order valence-corrected chi connectivity index (χ3v) is 3.22. The molecule has 9 heteroatoms. The first-order valence-electron chi connectivity index (χ1n) is 6.41. The fourth-order valence-corrected chi connectivity index (χ4v) is 2.25. The van der Waals surface area contributed by atoms with E-state index in [2.05, 4.69) is 20.4 Å². The fraction of sp³-hybridized carbons (Fsp3) is 0.231. The number of benzene rings is 1. The number of hydrogen-bond acceptors (Lipinski definition) is 5. The molecule has 0 saturated carbocycles. The second-order valence-corrected chi connectivity index (χ2v) is 4.85. The van der Waals surface area contributed by atoms with Crippen molar-refractivity contribution in [2.45, 2.75) is 18.7 Å². The minimum absolute atomic E-state index is 0.0556. The first kappa shape index (κ1) is 14.3. The fourth-order valence-electron chi connectivity index (χ4n) is 2.25. The van der Waals surface area contributed by atoms with E-state index in [-0.39, 0.29) is 18.7 Å². The molecule has 7 nitrogen and oxygen atoms in total. The molecule has 0 bridgehead atoms. The van der Waals surface area contributed by atoms with Crippen molar-refractivity contribution < 1.29 is 13.9 Å². The van der Waals surface area contributed by atoms with Crippen molar-refractivity contribution in [3.05, 3.63) is 60.4 Å². The number of aliphatic hydroxyl groups is 1. The zero-order valence-corrected chi connectivity index (χ0v) is 11.3. The second-order valence-electron chi connectivity index (χ2n) is 4.85. The topological polar surface area (TPSA) is 81.6 Å². The van der Waals surface area contributed by atoms with Gasteiger partial charge in [-0.25, -0.2) is 23.1 Å². The third-order valence-electron chi connectivity index (χ3n) is 3.22. The van der Waals surface area contributed by atoms with Crippen molar-refractivity contribution in [3.63, 3.8) is 0 Å². The van der Waals surface area contributed by atoms with Crippen LogP contribution < -0.4 is 0 Å². The Bertz CT molecular complexity index is 708. The molecule has 114 valence electrons. The van der Waals surface area contributed by atoms with E-state index < -0.39 is 17.2 Å². The number of nitrogens with zero attached hydrogens (tertiary/aromatic N) is 6. The van der Waals surface area contributed by atoms with Crippen LogP contribution in [0, 0.1) is 11.6 Å². The first-order valence-corrected chi connectivity index (χ1v) is 6.41. The molecule has 3 aromatic rings. The van der Waals surface area contributed by atoms with E-state index in [0.29, 0.717) is 0 Å². The average Bonchev–Trinajstić information content (AvgIpc) is 3.12. The molecule has 0 spiro atoms. The van der Waals surface area contributed by atoms with Crippen molar-refractivity contribution in [1.29, 1.82) is 0 Å². The predicted octanol–water partition coefficient (Wildman–Crippen LogP) is 0.736. The zero-order chi connectivity index (χ0) is 15.6. The van der Waals surface area contributed by atoms with Crippen LogP contribution >= 0.6 is 0 Å². The molecule has 0 amide bonds. The summed E-state index contributed by atoms with van der Waals surface area (Å²) >= 11 is 0. The van der Waals surface area contributed by atoms with Gasteiger partial charge in [-0.3, -0.25) is 0 Å². The highest BCUT2D eigenvalue weighted by Gasteiger charge is 2.34. The van der Waals surface area contributed by atoms with Crippen LogP contribution in [-0.2, 0) is 18.7 Å². The molecular formula is C13H12F2N6O. The normalized spacial score (nSPS) is 14.0. The molecule has 0 aliphatic rings. The molecule has 1 aromatic carbocycles.